The van der Waals surface area contributed by atoms with Crippen molar-refractivity contribution in [3.05, 3.63) is 70.2 Å². The zero-order valence-corrected chi connectivity index (χ0v) is 21.5. The predicted molar refractivity (Wildman–Crippen MR) is 140 cm³/mol. The van der Waals surface area contributed by atoms with Crippen molar-refractivity contribution < 1.29 is 19.2 Å². The molecular weight excluding hydrogens is 504 g/mol. The molecule has 0 bridgehead atoms. The van der Waals surface area contributed by atoms with E-state index < -0.39 is 23.5 Å². The lowest BCUT2D eigenvalue weighted by Crippen LogP contribution is -2.52. The van der Waals surface area contributed by atoms with Crippen molar-refractivity contribution in [1.29, 1.82) is 5.26 Å². The molecule has 11 heteroatoms. The first-order chi connectivity index (χ1) is 18.1. The molecule has 5 amide bonds. The van der Waals surface area contributed by atoms with Gasteiger partial charge in [-0.3, -0.25) is 19.7 Å². The molecule has 1 saturated heterocycles. The first kappa shape index (κ1) is 25.1. The number of fused-ring (bicyclic) bond motifs is 1. The molecule has 1 fully saturated rings. The number of aromatic nitrogens is 1. The third-order valence-electron chi connectivity index (χ3n) is 6.68. The van der Waals surface area contributed by atoms with Gasteiger partial charge in [0.25, 0.3) is 5.91 Å². The summed E-state index contributed by atoms with van der Waals surface area (Å²) in [5.74, 6) is -1.06. The number of nitriles is 1. The molecule has 0 radical (unpaired) electrons. The van der Waals surface area contributed by atoms with Crippen LogP contribution in [-0.4, -0.2) is 39.7 Å². The highest BCUT2D eigenvalue weighted by Gasteiger charge is 2.39. The molecule has 38 heavy (non-hydrogen) atoms. The van der Waals surface area contributed by atoms with E-state index in [9.17, 15) is 19.2 Å². The number of rotatable bonds is 5. The number of nitrogens with zero attached hydrogens (tertiary/aromatic N) is 3. The van der Waals surface area contributed by atoms with Crippen LogP contribution in [0.4, 0.5) is 10.5 Å². The fraction of sp³-hybridized carbons (Fsp3) is 0.259. The van der Waals surface area contributed by atoms with Gasteiger partial charge in [0.1, 0.15) is 17.1 Å². The van der Waals surface area contributed by atoms with E-state index in [-0.39, 0.29) is 24.8 Å². The number of anilines is 1. The zero-order valence-electron chi connectivity index (χ0n) is 20.7. The third kappa shape index (κ3) is 4.86. The number of piperidine rings is 1. The van der Waals surface area contributed by atoms with Gasteiger partial charge in [0.15, 0.2) is 5.69 Å². The molecule has 2 aromatic carbocycles. The zero-order chi connectivity index (χ0) is 27.0. The first-order valence-corrected chi connectivity index (χ1v) is 12.9. The summed E-state index contributed by atoms with van der Waals surface area (Å²) in [5.41, 5.74) is 3.15. The molecule has 10 nitrogen and oxygen atoms in total. The van der Waals surface area contributed by atoms with Gasteiger partial charge < -0.3 is 15.5 Å². The Balaban J connectivity index is 1.23. The van der Waals surface area contributed by atoms with Crippen molar-refractivity contribution in [2.24, 2.45) is 0 Å². The van der Waals surface area contributed by atoms with E-state index in [2.05, 4.69) is 20.9 Å². The van der Waals surface area contributed by atoms with Crippen LogP contribution in [0, 0.1) is 11.3 Å². The summed E-state index contributed by atoms with van der Waals surface area (Å²) < 4.78 is 0. The van der Waals surface area contributed by atoms with Crippen molar-refractivity contribution in [1.82, 2.24) is 20.5 Å². The number of urea groups is 1. The maximum atomic E-state index is 12.9. The van der Waals surface area contributed by atoms with Gasteiger partial charge in [0, 0.05) is 35.2 Å². The Bertz CT molecular complexity index is 1500. The Morgan fingerprint density at radius 2 is 1.95 bits per heavy atom. The number of benzene rings is 2. The molecule has 3 N–H and O–H groups in total. The number of hydrogen-bond acceptors (Lipinski definition) is 7. The van der Waals surface area contributed by atoms with Crippen molar-refractivity contribution >= 4 is 40.8 Å². The van der Waals surface area contributed by atoms with E-state index in [1.807, 2.05) is 44.2 Å². The fourth-order valence-corrected chi connectivity index (χ4v) is 5.41. The van der Waals surface area contributed by atoms with Crippen molar-refractivity contribution in [2.75, 3.05) is 5.32 Å². The molecule has 1 aromatic heterocycles. The van der Waals surface area contributed by atoms with E-state index in [1.165, 1.54) is 16.2 Å². The monoisotopic (exact) mass is 528 g/mol. The Morgan fingerprint density at radius 3 is 2.63 bits per heavy atom. The highest BCUT2D eigenvalue weighted by molar-refractivity contribution is 7.13. The lowest BCUT2D eigenvalue weighted by Gasteiger charge is -2.29. The topological polar surface area (TPSA) is 144 Å². The standard InChI is InChI=1S/C27H24N6O4S/c1-27(2,17-5-3-15(4-6-17)24-29-19(12-28)14-38-24)32-26(37)30-18-7-8-20-16(11-18)13-33(25(20)36)21-9-10-22(34)31-23(21)35/h3-8,11,14,21H,9-10,13H2,1-2H3,(H2,30,32,37)(H,31,34,35). The van der Waals surface area contributed by atoms with Crippen LogP contribution in [0.25, 0.3) is 10.6 Å². The fourth-order valence-electron chi connectivity index (χ4n) is 4.66. The van der Waals surface area contributed by atoms with Crippen LogP contribution in [0.15, 0.2) is 47.8 Å². The average Bonchev–Trinajstić information content (AvgIpc) is 3.48. The van der Waals surface area contributed by atoms with Crippen LogP contribution in [-0.2, 0) is 21.7 Å². The van der Waals surface area contributed by atoms with Gasteiger partial charge in [-0.2, -0.15) is 5.26 Å². The molecule has 192 valence electrons. The first-order valence-electron chi connectivity index (χ1n) is 12.0. The second-order valence-electron chi connectivity index (χ2n) is 9.70. The molecule has 5 rings (SSSR count). The molecule has 3 aromatic rings. The van der Waals surface area contributed by atoms with Crippen LogP contribution in [0.3, 0.4) is 0 Å². The molecule has 3 heterocycles. The smallest absolute Gasteiger partial charge is 0.319 e. The van der Waals surface area contributed by atoms with Crippen LogP contribution in [0.2, 0.25) is 0 Å². The predicted octanol–water partition coefficient (Wildman–Crippen LogP) is 3.50. The molecule has 1 unspecified atom stereocenters. The maximum Gasteiger partial charge on any atom is 0.319 e. The summed E-state index contributed by atoms with van der Waals surface area (Å²) in [4.78, 5) is 55.2. The second kappa shape index (κ2) is 9.72. The average molecular weight is 529 g/mol. The van der Waals surface area contributed by atoms with E-state index in [0.29, 0.717) is 28.9 Å². The minimum atomic E-state index is -0.696. The molecule has 0 aliphatic carbocycles. The largest absolute Gasteiger partial charge is 0.329 e. The summed E-state index contributed by atoms with van der Waals surface area (Å²) in [7, 11) is 0. The van der Waals surface area contributed by atoms with Crippen molar-refractivity contribution in [2.45, 2.75) is 44.8 Å². The lowest BCUT2D eigenvalue weighted by atomic mass is 9.93. The van der Waals surface area contributed by atoms with Crippen LogP contribution in [0.5, 0.6) is 0 Å². The number of hydrogen-bond donors (Lipinski definition) is 3. The minimum Gasteiger partial charge on any atom is -0.329 e. The van der Waals surface area contributed by atoms with Crippen molar-refractivity contribution in [3.63, 3.8) is 0 Å². The quantitative estimate of drug-likeness (QED) is 0.433. The van der Waals surface area contributed by atoms with Gasteiger partial charge in [-0.25, -0.2) is 9.78 Å². The molecule has 2 aliphatic rings. The molecule has 0 spiro atoms. The Labute approximate surface area is 222 Å². The molecule has 0 saturated carbocycles. The summed E-state index contributed by atoms with van der Waals surface area (Å²) in [5, 5.41) is 19.5. The number of thiazole rings is 1. The number of amides is 5. The summed E-state index contributed by atoms with van der Waals surface area (Å²) >= 11 is 1.40. The Morgan fingerprint density at radius 1 is 1.18 bits per heavy atom. The van der Waals surface area contributed by atoms with E-state index in [4.69, 9.17) is 5.26 Å². The number of nitrogens with one attached hydrogen (secondary N) is 3. The van der Waals surface area contributed by atoms with E-state index in [0.717, 1.165) is 16.1 Å². The minimum absolute atomic E-state index is 0.190. The van der Waals surface area contributed by atoms with Crippen LogP contribution in [0.1, 0.15) is 53.9 Å². The summed E-state index contributed by atoms with van der Waals surface area (Å²) in [6.07, 6.45) is 0.480. The van der Waals surface area contributed by atoms with Gasteiger partial charge in [-0.1, -0.05) is 24.3 Å². The second-order valence-corrected chi connectivity index (χ2v) is 10.6. The highest BCUT2D eigenvalue weighted by Crippen LogP contribution is 2.30. The summed E-state index contributed by atoms with van der Waals surface area (Å²) in [6.45, 7) is 4.00. The highest BCUT2D eigenvalue weighted by atomic mass is 32.1. The molecular formula is C27H24N6O4S. The SMILES string of the molecule is CC(C)(NC(=O)Nc1ccc2c(c1)CN(C1CCC(=O)NC1=O)C2=O)c1ccc(-c2nc(C#N)cs2)cc1. The van der Waals surface area contributed by atoms with Gasteiger partial charge in [-0.05, 0) is 49.6 Å². The number of carbonyl (C=O) groups is 4. The van der Waals surface area contributed by atoms with E-state index >= 15 is 0 Å². The maximum absolute atomic E-state index is 12.9. The van der Waals surface area contributed by atoms with Gasteiger partial charge in [0.05, 0.1) is 5.54 Å². The summed E-state index contributed by atoms with van der Waals surface area (Å²) in [6, 6.07) is 13.6. The normalized spacial score (nSPS) is 17.0. The van der Waals surface area contributed by atoms with Gasteiger partial charge in [-0.15, -0.1) is 11.3 Å². The lowest BCUT2D eigenvalue weighted by molar-refractivity contribution is -0.136. The van der Waals surface area contributed by atoms with Gasteiger partial charge in [0.2, 0.25) is 11.8 Å². The Kier molecular flexibility index (Phi) is 6.42. The number of carbonyl (C=O) groups excluding carboxylic acids is 4. The third-order valence-corrected chi connectivity index (χ3v) is 7.57. The van der Waals surface area contributed by atoms with E-state index in [1.54, 1.807) is 23.6 Å². The van der Waals surface area contributed by atoms with Gasteiger partial charge >= 0.3 is 6.03 Å². The Hall–Kier alpha value is -4.56. The molecule has 2 aliphatic heterocycles. The number of imide groups is 1. The van der Waals surface area contributed by atoms with Crippen LogP contribution >= 0.6 is 11.3 Å². The van der Waals surface area contributed by atoms with Crippen LogP contribution < -0.4 is 16.0 Å². The molecule has 1 atom stereocenters. The van der Waals surface area contributed by atoms with Crippen molar-refractivity contribution in [3.8, 4) is 16.6 Å².